The minimum atomic E-state index is -0.253. The van der Waals surface area contributed by atoms with E-state index in [9.17, 15) is 14.4 Å². The zero-order valence-electron chi connectivity index (χ0n) is 18.6. The molecular formula is C23H25N7O3. The Labute approximate surface area is 189 Å². The second-order valence-electron chi connectivity index (χ2n) is 8.64. The van der Waals surface area contributed by atoms with Crippen molar-refractivity contribution in [3.05, 3.63) is 47.3 Å². The summed E-state index contributed by atoms with van der Waals surface area (Å²) in [6.07, 6.45) is 6.64. The van der Waals surface area contributed by atoms with Crippen LogP contribution in [-0.2, 0) is 16.1 Å². The third-order valence-corrected chi connectivity index (χ3v) is 6.12. The number of likely N-dealkylation sites (tertiary alicyclic amines) is 1. The Morgan fingerprint density at radius 3 is 2.52 bits per heavy atom. The van der Waals surface area contributed by atoms with Crippen molar-refractivity contribution in [2.45, 2.75) is 39.3 Å². The zero-order chi connectivity index (χ0) is 23.1. The SMILES string of the molecule is CC(=O)CN1CCC(n2c(=O)n(CC(C)=O)c3cnc(-c4cnn5ccccc45)nc32)CC1. The van der Waals surface area contributed by atoms with Gasteiger partial charge in [0.2, 0.25) is 0 Å². The van der Waals surface area contributed by atoms with Gasteiger partial charge in [0.25, 0.3) is 0 Å². The molecule has 0 amide bonds. The molecule has 10 nitrogen and oxygen atoms in total. The molecule has 5 heterocycles. The summed E-state index contributed by atoms with van der Waals surface area (Å²) in [6.45, 7) is 4.90. The standard InChI is InChI=1S/C23H25N7O3/c1-15(31)13-27-9-6-17(7-10-27)30-22-20(28(23(30)33)14-16(2)32)12-24-21(26-22)18-11-25-29-8-4-3-5-19(18)29/h3-5,8,11-12,17H,6-7,9-10,13-14H2,1-2H3. The predicted molar refractivity (Wildman–Crippen MR) is 122 cm³/mol. The van der Waals surface area contributed by atoms with Crippen molar-refractivity contribution in [3.63, 3.8) is 0 Å². The maximum Gasteiger partial charge on any atom is 0.331 e. The Balaban J connectivity index is 1.60. The smallest absolute Gasteiger partial charge is 0.299 e. The highest BCUT2D eigenvalue weighted by Gasteiger charge is 2.27. The molecule has 0 aliphatic carbocycles. The molecule has 0 saturated carbocycles. The molecular weight excluding hydrogens is 422 g/mol. The summed E-state index contributed by atoms with van der Waals surface area (Å²) >= 11 is 0. The fourth-order valence-electron chi connectivity index (χ4n) is 4.65. The molecule has 1 aliphatic rings. The second kappa shape index (κ2) is 8.36. The van der Waals surface area contributed by atoms with Gasteiger partial charge in [-0.1, -0.05) is 6.07 Å². The minimum absolute atomic E-state index is 0.0229. The number of fused-ring (bicyclic) bond motifs is 2. The molecule has 10 heteroatoms. The van der Waals surface area contributed by atoms with Crippen LogP contribution in [0.3, 0.4) is 0 Å². The number of carbonyl (C=O) groups is 2. The Bertz CT molecular complexity index is 1420. The minimum Gasteiger partial charge on any atom is -0.299 e. The van der Waals surface area contributed by atoms with Crippen molar-refractivity contribution >= 4 is 28.2 Å². The van der Waals surface area contributed by atoms with Gasteiger partial charge in [0.15, 0.2) is 11.5 Å². The van der Waals surface area contributed by atoms with Crippen LogP contribution >= 0.6 is 0 Å². The third kappa shape index (κ3) is 3.86. The molecule has 0 atom stereocenters. The number of aromatic nitrogens is 6. The fraction of sp³-hybridized carbons (Fsp3) is 0.391. The third-order valence-electron chi connectivity index (χ3n) is 6.12. The number of ketones is 2. The van der Waals surface area contributed by atoms with Crippen LogP contribution in [0.15, 0.2) is 41.6 Å². The van der Waals surface area contributed by atoms with Crippen molar-refractivity contribution in [2.24, 2.45) is 0 Å². The molecule has 4 aromatic heterocycles. The molecule has 1 aliphatic heterocycles. The van der Waals surface area contributed by atoms with Crippen LogP contribution < -0.4 is 5.69 Å². The van der Waals surface area contributed by atoms with Gasteiger partial charge in [0.1, 0.15) is 17.1 Å². The first kappa shape index (κ1) is 21.2. The summed E-state index contributed by atoms with van der Waals surface area (Å²) in [5, 5.41) is 4.37. The summed E-state index contributed by atoms with van der Waals surface area (Å²) < 4.78 is 4.92. The molecule has 0 bridgehead atoms. The van der Waals surface area contributed by atoms with Gasteiger partial charge >= 0.3 is 5.69 Å². The lowest BCUT2D eigenvalue weighted by Crippen LogP contribution is -2.40. The van der Waals surface area contributed by atoms with Gasteiger partial charge in [0.05, 0.1) is 36.6 Å². The number of hydrogen-bond acceptors (Lipinski definition) is 7. The quantitative estimate of drug-likeness (QED) is 0.443. The lowest BCUT2D eigenvalue weighted by atomic mass is 10.0. The van der Waals surface area contributed by atoms with Crippen LogP contribution in [0.5, 0.6) is 0 Å². The second-order valence-corrected chi connectivity index (χ2v) is 8.64. The van der Waals surface area contributed by atoms with Gasteiger partial charge in [-0.3, -0.25) is 23.6 Å². The van der Waals surface area contributed by atoms with Crippen LogP contribution in [0.25, 0.3) is 28.1 Å². The summed E-state index contributed by atoms with van der Waals surface area (Å²) in [6, 6.07) is 5.69. The van der Waals surface area contributed by atoms with E-state index in [1.807, 2.05) is 24.4 Å². The molecule has 4 aromatic rings. The van der Waals surface area contributed by atoms with Crippen molar-refractivity contribution < 1.29 is 9.59 Å². The van der Waals surface area contributed by atoms with E-state index in [1.165, 1.54) is 11.5 Å². The van der Waals surface area contributed by atoms with Crippen LogP contribution in [-0.4, -0.2) is 64.8 Å². The highest BCUT2D eigenvalue weighted by Crippen LogP contribution is 2.27. The van der Waals surface area contributed by atoms with E-state index in [2.05, 4.69) is 15.0 Å². The normalized spacial score (nSPS) is 15.5. The maximum atomic E-state index is 13.4. The topological polar surface area (TPSA) is 107 Å². The number of rotatable bonds is 6. The lowest BCUT2D eigenvalue weighted by molar-refractivity contribution is -0.118. The number of carbonyl (C=O) groups excluding carboxylic acids is 2. The Morgan fingerprint density at radius 2 is 1.79 bits per heavy atom. The highest BCUT2D eigenvalue weighted by molar-refractivity contribution is 5.82. The predicted octanol–water partition coefficient (Wildman–Crippen LogP) is 1.72. The van der Waals surface area contributed by atoms with Gasteiger partial charge in [0, 0.05) is 25.3 Å². The Hall–Kier alpha value is -3.66. The number of Topliss-reactive ketones (excluding diaryl/α,β-unsaturated/α-hetero) is 2. The largest absolute Gasteiger partial charge is 0.331 e. The monoisotopic (exact) mass is 447 g/mol. The molecule has 1 fully saturated rings. The number of nitrogens with zero attached hydrogens (tertiary/aromatic N) is 7. The number of pyridine rings is 1. The van der Waals surface area contributed by atoms with Crippen LogP contribution in [0.4, 0.5) is 0 Å². The molecule has 0 unspecified atom stereocenters. The zero-order valence-corrected chi connectivity index (χ0v) is 18.6. The summed E-state index contributed by atoms with van der Waals surface area (Å²) in [4.78, 5) is 48.2. The van der Waals surface area contributed by atoms with Gasteiger partial charge in [-0.15, -0.1) is 0 Å². The fourth-order valence-corrected chi connectivity index (χ4v) is 4.65. The molecule has 0 radical (unpaired) electrons. The van der Waals surface area contributed by atoms with Crippen molar-refractivity contribution in [1.82, 2.24) is 33.6 Å². The molecule has 1 saturated heterocycles. The first-order valence-corrected chi connectivity index (χ1v) is 11.0. The van der Waals surface area contributed by atoms with Gasteiger partial charge in [-0.05, 0) is 38.8 Å². The Kier molecular flexibility index (Phi) is 5.37. The van der Waals surface area contributed by atoms with Crippen molar-refractivity contribution in [1.29, 1.82) is 0 Å². The average molecular weight is 447 g/mol. The van der Waals surface area contributed by atoms with Crippen LogP contribution in [0.2, 0.25) is 0 Å². The van der Waals surface area contributed by atoms with Gasteiger partial charge in [-0.2, -0.15) is 5.10 Å². The molecule has 33 heavy (non-hydrogen) atoms. The molecule has 0 aromatic carbocycles. The van der Waals surface area contributed by atoms with E-state index in [4.69, 9.17) is 4.98 Å². The highest BCUT2D eigenvalue weighted by atomic mass is 16.2. The summed E-state index contributed by atoms with van der Waals surface area (Å²) in [5.74, 6) is 0.500. The molecule has 5 rings (SSSR count). The van der Waals surface area contributed by atoms with E-state index in [-0.39, 0.29) is 29.8 Å². The Morgan fingerprint density at radius 1 is 1.03 bits per heavy atom. The first-order valence-electron chi connectivity index (χ1n) is 11.0. The number of imidazole rings is 1. The van der Waals surface area contributed by atoms with Gasteiger partial charge < -0.3 is 0 Å². The summed E-state index contributed by atoms with van der Waals surface area (Å²) in [7, 11) is 0. The summed E-state index contributed by atoms with van der Waals surface area (Å²) in [5.41, 5.74) is 2.45. The molecule has 0 N–H and O–H groups in total. The average Bonchev–Trinajstić information content (AvgIpc) is 3.33. The van der Waals surface area contributed by atoms with E-state index >= 15 is 0 Å². The lowest BCUT2D eigenvalue weighted by Gasteiger charge is -2.31. The number of piperidine rings is 1. The van der Waals surface area contributed by atoms with Crippen LogP contribution in [0, 0.1) is 0 Å². The van der Waals surface area contributed by atoms with Gasteiger partial charge in [-0.25, -0.2) is 19.3 Å². The van der Waals surface area contributed by atoms with E-state index in [0.717, 1.165) is 37.0 Å². The van der Waals surface area contributed by atoms with Crippen molar-refractivity contribution in [3.8, 4) is 11.4 Å². The van der Waals surface area contributed by atoms with Crippen molar-refractivity contribution in [2.75, 3.05) is 19.6 Å². The maximum absolute atomic E-state index is 13.4. The molecule has 170 valence electrons. The van der Waals surface area contributed by atoms with E-state index < -0.39 is 0 Å². The molecule has 0 spiro atoms. The van der Waals surface area contributed by atoms with Crippen LogP contribution in [0.1, 0.15) is 32.7 Å². The van der Waals surface area contributed by atoms with E-state index in [0.29, 0.717) is 23.5 Å². The first-order chi connectivity index (χ1) is 15.9. The number of hydrogen-bond donors (Lipinski definition) is 0. The van der Waals surface area contributed by atoms with E-state index in [1.54, 1.807) is 28.4 Å².